The highest BCUT2D eigenvalue weighted by atomic mass is 32.3. The van der Waals surface area contributed by atoms with Crippen molar-refractivity contribution in [3.05, 3.63) is 0 Å². The first kappa shape index (κ1) is 47.4. The molecule has 4 N–H and O–H groups in total. The van der Waals surface area contributed by atoms with Crippen LogP contribution in [-0.2, 0) is 80.2 Å². The molecule has 0 fully saturated rings. The Kier molecular flexibility index (Phi) is 19.7. The number of nitrogens with one attached hydrogen (secondary N) is 4. The minimum Gasteiger partial charge on any atom is -0.212 e. The third-order valence-corrected chi connectivity index (χ3v) is 19.3. The van der Waals surface area contributed by atoms with E-state index in [0.717, 1.165) is 0 Å². The summed E-state index contributed by atoms with van der Waals surface area (Å²) >= 11 is 0. The predicted molar refractivity (Wildman–Crippen MR) is 180 cm³/mol. The van der Waals surface area contributed by atoms with Crippen molar-refractivity contribution < 1.29 is 67.3 Å². The molecule has 0 heterocycles. The van der Waals surface area contributed by atoms with Crippen LogP contribution in [0.2, 0.25) is 0 Å². The Balaban J connectivity index is 4.30. The second-order valence-electron chi connectivity index (χ2n) is 11.0. The Hall–Kier alpha value is -0.560. The second-order valence-corrected chi connectivity index (χ2v) is 26.6. The molecule has 0 atom stereocenters. The molecule has 0 bridgehead atoms. The van der Waals surface area contributed by atoms with Gasteiger partial charge < -0.3 is 0 Å². The molecule has 0 aliphatic heterocycles. The van der Waals surface area contributed by atoms with E-state index < -0.39 is 115 Å². The Morgan fingerprint density at radius 2 is 0.396 bits per heavy atom. The topological polar surface area (TPSA) is 321 Å². The first-order chi connectivity index (χ1) is 21.4. The van der Waals surface area contributed by atoms with Gasteiger partial charge in [0.25, 0.3) is 0 Å². The zero-order valence-corrected chi connectivity index (χ0v) is 33.1. The van der Waals surface area contributed by atoms with Crippen LogP contribution in [0.1, 0.15) is 77.0 Å². The van der Waals surface area contributed by atoms with E-state index in [0.29, 0.717) is 12.5 Å². The summed E-state index contributed by atoms with van der Waals surface area (Å²) in [5, 5.41) is 0. The van der Waals surface area contributed by atoms with Crippen LogP contribution in [-0.4, -0.2) is 114 Å². The highest BCUT2D eigenvalue weighted by Gasteiger charge is 2.22. The summed E-state index contributed by atoms with van der Waals surface area (Å²) in [5.41, 5.74) is 0. The molecule has 0 aliphatic rings. The summed E-state index contributed by atoms with van der Waals surface area (Å²) in [6.07, 6.45) is 2.82. The fraction of sp³-hybridized carbons (Fsp3) is 1.00. The summed E-state index contributed by atoms with van der Waals surface area (Å²) in [6.45, 7) is 0. The molecule has 0 aromatic carbocycles. The average molecular weight is 855 g/mol. The summed E-state index contributed by atoms with van der Waals surface area (Å²) in [7, 11) is -32.9. The van der Waals surface area contributed by atoms with E-state index >= 15 is 0 Å². The van der Waals surface area contributed by atoms with Crippen LogP contribution >= 0.6 is 0 Å². The Labute approximate surface area is 286 Å². The van der Waals surface area contributed by atoms with E-state index in [1.54, 1.807) is 8.25 Å². The number of rotatable bonds is 29. The largest absolute Gasteiger partial charge is 0.224 e. The van der Waals surface area contributed by atoms with Gasteiger partial charge in [0.15, 0.2) is 0 Å². The standard InChI is InChI=1S/C20H46N4O16S8/c1-41(25,26)21-43(29,30)15-9-3-5-11-17-45(33,34)23-47(37,38)19-13-7-8-14-20-48(39,40)24-46(35,36)18-12-6-4-10-16-44(31,32)22-42(2,27)28/h21-24H,3-20H2,1-2H3. The lowest BCUT2D eigenvalue weighted by Gasteiger charge is -2.09. The van der Waals surface area contributed by atoms with Gasteiger partial charge in [-0.05, 0) is 38.5 Å². The molecule has 0 rings (SSSR count). The van der Waals surface area contributed by atoms with Crippen molar-refractivity contribution in [2.24, 2.45) is 0 Å². The lowest BCUT2D eigenvalue weighted by Crippen LogP contribution is -2.34. The molecular weight excluding hydrogens is 809 g/mol. The molecule has 28 heteroatoms. The molecule has 0 saturated heterocycles. The normalized spacial score (nSPS) is 14.3. The van der Waals surface area contributed by atoms with Gasteiger partial charge in [0.05, 0.1) is 47.0 Å². The maximum absolute atomic E-state index is 12.2. The van der Waals surface area contributed by atoms with Crippen molar-refractivity contribution in [3.63, 3.8) is 0 Å². The fourth-order valence-electron chi connectivity index (χ4n) is 3.91. The van der Waals surface area contributed by atoms with Crippen LogP contribution in [0, 0.1) is 0 Å². The molecule has 290 valence electrons. The monoisotopic (exact) mass is 854 g/mol. The molecule has 48 heavy (non-hydrogen) atoms. The zero-order chi connectivity index (χ0) is 37.6. The van der Waals surface area contributed by atoms with Crippen LogP contribution in [0.25, 0.3) is 0 Å². The van der Waals surface area contributed by atoms with Gasteiger partial charge in [-0.2, -0.15) is 0 Å². The minimum atomic E-state index is -4.24. The van der Waals surface area contributed by atoms with Crippen molar-refractivity contribution in [2.45, 2.75) is 77.0 Å². The van der Waals surface area contributed by atoms with Crippen LogP contribution in [0.3, 0.4) is 0 Å². The molecule has 0 spiro atoms. The van der Waals surface area contributed by atoms with Gasteiger partial charge in [-0.25, -0.2) is 67.3 Å². The maximum Gasteiger partial charge on any atom is 0.224 e. The highest BCUT2D eigenvalue weighted by Crippen LogP contribution is 2.09. The van der Waals surface area contributed by atoms with E-state index in [1.807, 2.05) is 0 Å². The summed E-state index contributed by atoms with van der Waals surface area (Å²) in [4.78, 5) is 0. The number of hydrogen-bond donors (Lipinski definition) is 4. The molecule has 0 amide bonds. The highest BCUT2D eigenvalue weighted by molar-refractivity contribution is 8.05. The van der Waals surface area contributed by atoms with Crippen molar-refractivity contribution in [2.75, 3.05) is 47.0 Å². The summed E-state index contributed by atoms with van der Waals surface area (Å²) < 4.78 is 194. The smallest absolute Gasteiger partial charge is 0.212 e. The molecular formula is C20H46N4O16S8. The van der Waals surface area contributed by atoms with Crippen LogP contribution in [0.5, 0.6) is 0 Å². The Bertz CT molecular complexity index is 1770. The van der Waals surface area contributed by atoms with Crippen molar-refractivity contribution >= 4 is 80.2 Å². The van der Waals surface area contributed by atoms with Crippen LogP contribution in [0.4, 0.5) is 0 Å². The van der Waals surface area contributed by atoms with Gasteiger partial charge >= 0.3 is 0 Å². The van der Waals surface area contributed by atoms with Crippen molar-refractivity contribution in [1.82, 2.24) is 16.5 Å². The van der Waals surface area contributed by atoms with Crippen LogP contribution in [0.15, 0.2) is 0 Å². The number of sulfonamides is 8. The number of hydrogen-bond acceptors (Lipinski definition) is 16. The van der Waals surface area contributed by atoms with Gasteiger partial charge in [0, 0.05) is 0 Å². The molecule has 0 saturated carbocycles. The van der Waals surface area contributed by atoms with Gasteiger partial charge in [-0.1, -0.05) is 38.5 Å². The Morgan fingerprint density at radius 1 is 0.250 bits per heavy atom. The van der Waals surface area contributed by atoms with Gasteiger partial charge in [-0.15, -0.1) is 16.5 Å². The molecule has 0 unspecified atom stereocenters. The SMILES string of the molecule is CS(=O)(=O)NS(=O)(=O)CCCCCCS(=O)(=O)NS(=O)(=O)CCCCCCS(=O)(=O)NS(=O)(=O)CCCCCCS(=O)(=O)NS(C)(=O)=O. The molecule has 20 nitrogen and oxygen atoms in total. The van der Waals surface area contributed by atoms with E-state index in [9.17, 15) is 67.3 Å². The van der Waals surface area contributed by atoms with E-state index in [4.69, 9.17) is 0 Å². The molecule has 0 aromatic heterocycles. The number of unbranched alkanes of at least 4 members (excludes halogenated alkanes) is 9. The van der Waals surface area contributed by atoms with E-state index in [2.05, 4.69) is 0 Å². The first-order valence-corrected chi connectivity index (χ1v) is 28.0. The average Bonchev–Trinajstić information content (AvgIpc) is 2.81. The quantitative estimate of drug-likeness (QED) is 0.0587. The van der Waals surface area contributed by atoms with Gasteiger partial charge in [0.2, 0.25) is 80.2 Å². The maximum atomic E-state index is 12.2. The fourth-order valence-corrected chi connectivity index (χ4v) is 16.2. The third kappa shape index (κ3) is 28.2. The van der Waals surface area contributed by atoms with Gasteiger partial charge in [0.1, 0.15) is 0 Å². The minimum absolute atomic E-state index is 0.0156. The van der Waals surface area contributed by atoms with Crippen LogP contribution < -0.4 is 16.5 Å². The van der Waals surface area contributed by atoms with E-state index in [1.165, 1.54) is 8.25 Å². The predicted octanol–water partition coefficient (Wildman–Crippen LogP) is -2.08. The Morgan fingerprint density at radius 3 is 0.542 bits per heavy atom. The third-order valence-electron chi connectivity index (χ3n) is 5.79. The lowest BCUT2D eigenvalue weighted by molar-refractivity contribution is 0.562. The zero-order valence-electron chi connectivity index (χ0n) is 26.5. The molecule has 0 aromatic rings. The lowest BCUT2D eigenvalue weighted by atomic mass is 10.2. The second kappa shape index (κ2) is 19.9. The summed E-state index contributed by atoms with van der Waals surface area (Å²) in [6, 6.07) is 0. The summed E-state index contributed by atoms with van der Waals surface area (Å²) in [5.74, 6) is -3.22. The van der Waals surface area contributed by atoms with Crippen molar-refractivity contribution in [3.8, 4) is 0 Å². The molecule has 0 radical (unpaired) electrons. The van der Waals surface area contributed by atoms with Crippen molar-refractivity contribution in [1.29, 1.82) is 0 Å². The first-order valence-electron chi connectivity index (χ1n) is 14.3. The molecule has 0 aliphatic carbocycles. The van der Waals surface area contributed by atoms with Gasteiger partial charge in [-0.3, -0.25) is 0 Å². The van der Waals surface area contributed by atoms with E-state index in [-0.39, 0.29) is 77.0 Å².